The van der Waals surface area contributed by atoms with Crippen molar-refractivity contribution in [2.45, 2.75) is 0 Å². The first kappa shape index (κ1) is 15.0. The van der Waals surface area contributed by atoms with E-state index in [4.69, 9.17) is 26.8 Å². The van der Waals surface area contributed by atoms with Crippen LogP contribution < -0.4 is 20.5 Å². The lowest BCUT2D eigenvalue weighted by atomic mass is 10.1. The second-order valence-electron chi connectivity index (χ2n) is 4.25. The SMILES string of the molecule is COc1ccc(C(=O)Nc2cc(OC)ccc2Cl)c(N)c1. The lowest BCUT2D eigenvalue weighted by Crippen LogP contribution is -2.14. The van der Waals surface area contributed by atoms with Gasteiger partial charge in [0.25, 0.3) is 5.91 Å². The quantitative estimate of drug-likeness (QED) is 0.851. The molecule has 110 valence electrons. The first-order valence-corrected chi connectivity index (χ1v) is 6.51. The molecule has 0 fully saturated rings. The standard InChI is InChI=1S/C15H15ClN2O3/c1-20-9-3-5-11(13(17)7-9)15(19)18-14-8-10(21-2)4-6-12(14)16/h3-8H,17H2,1-2H3,(H,18,19). The molecule has 0 spiro atoms. The number of nitrogens with one attached hydrogen (secondary N) is 1. The van der Waals surface area contributed by atoms with Gasteiger partial charge in [-0.2, -0.15) is 0 Å². The van der Waals surface area contributed by atoms with Gasteiger partial charge in [0.05, 0.1) is 30.5 Å². The number of nitrogen functional groups attached to an aromatic ring is 1. The molecule has 0 aliphatic carbocycles. The molecule has 2 rings (SSSR count). The predicted octanol–water partition coefficient (Wildman–Crippen LogP) is 3.19. The molecule has 0 aliphatic rings. The van der Waals surface area contributed by atoms with E-state index in [1.54, 1.807) is 36.4 Å². The molecule has 0 aliphatic heterocycles. The van der Waals surface area contributed by atoms with Crippen molar-refractivity contribution in [2.24, 2.45) is 0 Å². The van der Waals surface area contributed by atoms with Crippen LogP contribution in [0.3, 0.4) is 0 Å². The van der Waals surface area contributed by atoms with Crippen LogP contribution in [0.25, 0.3) is 0 Å². The maximum atomic E-state index is 12.3. The van der Waals surface area contributed by atoms with Crippen LogP contribution in [0.15, 0.2) is 36.4 Å². The Morgan fingerprint density at radius 1 is 1.10 bits per heavy atom. The zero-order valence-corrected chi connectivity index (χ0v) is 12.4. The van der Waals surface area contributed by atoms with Gasteiger partial charge in [-0.15, -0.1) is 0 Å². The topological polar surface area (TPSA) is 73.6 Å². The van der Waals surface area contributed by atoms with Crippen LogP contribution >= 0.6 is 11.6 Å². The second kappa shape index (κ2) is 6.37. The molecule has 0 unspecified atom stereocenters. The zero-order valence-electron chi connectivity index (χ0n) is 11.6. The lowest BCUT2D eigenvalue weighted by Gasteiger charge is -2.11. The summed E-state index contributed by atoms with van der Waals surface area (Å²) in [6.45, 7) is 0. The minimum absolute atomic E-state index is 0.325. The minimum atomic E-state index is -0.356. The summed E-state index contributed by atoms with van der Waals surface area (Å²) in [5.41, 5.74) is 6.97. The van der Waals surface area contributed by atoms with Crippen LogP contribution in [0.4, 0.5) is 11.4 Å². The van der Waals surface area contributed by atoms with Crippen molar-refractivity contribution >= 4 is 28.9 Å². The summed E-state index contributed by atoms with van der Waals surface area (Å²) in [6, 6.07) is 9.84. The number of methoxy groups -OCH3 is 2. The number of hydrogen-bond donors (Lipinski definition) is 2. The third kappa shape index (κ3) is 3.38. The van der Waals surface area contributed by atoms with Crippen LogP contribution in [-0.4, -0.2) is 20.1 Å². The monoisotopic (exact) mass is 306 g/mol. The Morgan fingerprint density at radius 3 is 2.33 bits per heavy atom. The number of benzene rings is 2. The van der Waals surface area contributed by atoms with Crippen molar-refractivity contribution in [3.05, 3.63) is 47.0 Å². The molecule has 1 amide bonds. The van der Waals surface area contributed by atoms with Crippen LogP contribution in [0.5, 0.6) is 11.5 Å². The molecule has 2 aromatic carbocycles. The van der Waals surface area contributed by atoms with Gasteiger partial charge < -0.3 is 20.5 Å². The molecule has 21 heavy (non-hydrogen) atoms. The fourth-order valence-electron chi connectivity index (χ4n) is 1.79. The Kier molecular flexibility index (Phi) is 4.55. The van der Waals surface area contributed by atoms with E-state index < -0.39 is 0 Å². The van der Waals surface area contributed by atoms with Gasteiger partial charge >= 0.3 is 0 Å². The van der Waals surface area contributed by atoms with Gasteiger partial charge in [-0.25, -0.2) is 0 Å². The summed E-state index contributed by atoms with van der Waals surface area (Å²) in [5.74, 6) is 0.825. The lowest BCUT2D eigenvalue weighted by molar-refractivity contribution is 0.102. The smallest absolute Gasteiger partial charge is 0.257 e. The van der Waals surface area contributed by atoms with Crippen molar-refractivity contribution < 1.29 is 14.3 Å². The van der Waals surface area contributed by atoms with Gasteiger partial charge in [0, 0.05) is 17.8 Å². The minimum Gasteiger partial charge on any atom is -0.497 e. The number of carbonyl (C=O) groups excluding carboxylic acids is 1. The predicted molar refractivity (Wildman–Crippen MR) is 83.4 cm³/mol. The van der Waals surface area contributed by atoms with Gasteiger partial charge in [0.15, 0.2) is 0 Å². The highest BCUT2D eigenvalue weighted by molar-refractivity contribution is 6.34. The highest BCUT2D eigenvalue weighted by Crippen LogP contribution is 2.28. The molecule has 0 radical (unpaired) electrons. The van der Waals surface area contributed by atoms with Crippen molar-refractivity contribution in [3.63, 3.8) is 0 Å². The van der Waals surface area contributed by atoms with Gasteiger partial charge in [0.1, 0.15) is 11.5 Å². The molecule has 2 aromatic rings. The third-order valence-corrected chi connectivity index (χ3v) is 3.25. The van der Waals surface area contributed by atoms with Crippen molar-refractivity contribution in [1.82, 2.24) is 0 Å². The van der Waals surface area contributed by atoms with E-state index in [-0.39, 0.29) is 5.91 Å². The number of halogens is 1. The summed E-state index contributed by atoms with van der Waals surface area (Å²) in [4.78, 5) is 12.3. The average molecular weight is 307 g/mol. The molecule has 0 atom stereocenters. The summed E-state index contributed by atoms with van der Waals surface area (Å²) >= 11 is 6.05. The van der Waals surface area contributed by atoms with E-state index in [0.29, 0.717) is 33.5 Å². The van der Waals surface area contributed by atoms with Crippen LogP contribution in [0, 0.1) is 0 Å². The van der Waals surface area contributed by atoms with Crippen LogP contribution in [-0.2, 0) is 0 Å². The van der Waals surface area contributed by atoms with Gasteiger partial charge in [0.2, 0.25) is 0 Å². The molecule has 5 nitrogen and oxygen atoms in total. The molecule has 6 heteroatoms. The number of rotatable bonds is 4. The maximum Gasteiger partial charge on any atom is 0.257 e. The van der Waals surface area contributed by atoms with E-state index in [2.05, 4.69) is 5.32 Å². The fraction of sp³-hybridized carbons (Fsp3) is 0.133. The van der Waals surface area contributed by atoms with Gasteiger partial charge in [-0.1, -0.05) is 11.6 Å². The number of amides is 1. The Balaban J connectivity index is 2.26. The molecule has 3 N–H and O–H groups in total. The van der Waals surface area contributed by atoms with Crippen LogP contribution in [0.2, 0.25) is 5.02 Å². The Morgan fingerprint density at radius 2 is 1.71 bits per heavy atom. The number of hydrogen-bond acceptors (Lipinski definition) is 4. The van der Waals surface area contributed by atoms with E-state index in [0.717, 1.165) is 0 Å². The zero-order chi connectivity index (χ0) is 15.4. The van der Waals surface area contributed by atoms with Crippen molar-refractivity contribution in [1.29, 1.82) is 0 Å². The third-order valence-electron chi connectivity index (χ3n) is 2.93. The number of anilines is 2. The highest BCUT2D eigenvalue weighted by Gasteiger charge is 2.13. The summed E-state index contributed by atoms with van der Waals surface area (Å²) in [6.07, 6.45) is 0. The van der Waals surface area contributed by atoms with Gasteiger partial charge in [-0.05, 0) is 24.3 Å². The largest absolute Gasteiger partial charge is 0.497 e. The number of nitrogens with two attached hydrogens (primary N) is 1. The maximum absolute atomic E-state index is 12.3. The fourth-order valence-corrected chi connectivity index (χ4v) is 1.96. The average Bonchev–Trinajstić information content (AvgIpc) is 2.49. The normalized spacial score (nSPS) is 10.0. The molecule has 0 saturated heterocycles. The van der Waals surface area contributed by atoms with E-state index in [1.165, 1.54) is 14.2 Å². The number of ether oxygens (including phenoxy) is 2. The Hall–Kier alpha value is -2.40. The molecule has 0 saturated carbocycles. The second-order valence-corrected chi connectivity index (χ2v) is 4.66. The molecule has 0 bridgehead atoms. The molecule has 0 aromatic heterocycles. The van der Waals surface area contributed by atoms with E-state index >= 15 is 0 Å². The summed E-state index contributed by atoms with van der Waals surface area (Å²) in [5, 5.41) is 3.12. The molecular formula is C15H15ClN2O3. The van der Waals surface area contributed by atoms with E-state index in [1.807, 2.05) is 0 Å². The summed E-state index contributed by atoms with van der Waals surface area (Å²) < 4.78 is 10.1. The Bertz CT molecular complexity index is 674. The molecular weight excluding hydrogens is 292 g/mol. The summed E-state index contributed by atoms with van der Waals surface area (Å²) in [7, 11) is 3.07. The first-order chi connectivity index (χ1) is 10.0. The van der Waals surface area contributed by atoms with Crippen molar-refractivity contribution in [3.8, 4) is 11.5 Å². The number of carbonyl (C=O) groups is 1. The first-order valence-electron chi connectivity index (χ1n) is 6.13. The van der Waals surface area contributed by atoms with E-state index in [9.17, 15) is 4.79 Å². The van der Waals surface area contributed by atoms with Gasteiger partial charge in [-0.3, -0.25) is 4.79 Å². The van der Waals surface area contributed by atoms with Crippen LogP contribution in [0.1, 0.15) is 10.4 Å². The van der Waals surface area contributed by atoms with Crippen molar-refractivity contribution in [2.75, 3.05) is 25.3 Å². The Labute approximate surface area is 127 Å². The molecule has 0 heterocycles. The highest BCUT2D eigenvalue weighted by atomic mass is 35.5.